The molecule has 0 radical (unpaired) electrons. The lowest BCUT2D eigenvalue weighted by Crippen LogP contribution is -2.53. The van der Waals surface area contributed by atoms with Crippen LogP contribution >= 0.6 is 23.5 Å². The number of amides is 5. The van der Waals surface area contributed by atoms with Crippen molar-refractivity contribution in [3.05, 3.63) is 45.5 Å². The number of aliphatic hydroxyl groups is 3. The van der Waals surface area contributed by atoms with E-state index in [9.17, 15) is 80.8 Å². The van der Waals surface area contributed by atoms with Gasteiger partial charge in [0.05, 0.1) is 50.4 Å². The number of aromatic nitrogens is 4. The highest BCUT2D eigenvalue weighted by Crippen LogP contribution is 2.44. The Morgan fingerprint density at radius 3 is 1.69 bits per heavy atom. The van der Waals surface area contributed by atoms with Crippen molar-refractivity contribution < 1.29 is 94.9 Å². The second-order valence-corrected chi connectivity index (χ2v) is 26.2. The van der Waals surface area contributed by atoms with Crippen LogP contribution in [0.5, 0.6) is 0 Å². The number of ketones is 1. The minimum Gasteiger partial charge on any atom is -0.456 e. The molecule has 2 aromatic rings. The van der Waals surface area contributed by atoms with Gasteiger partial charge in [0.15, 0.2) is 19.3 Å². The molecule has 2 saturated heterocycles. The number of rotatable bonds is 34. The Morgan fingerprint density at radius 1 is 0.730 bits per heavy atom. The predicted octanol–water partition coefficient (Wildman–Crippen LogP) is 1.10. The molecule has 3 aliphatic rings. The summed E-state index contributed by atoms with van der Waals surface area (Å²) in [6.07, 6.45) is -7.39. The minimum atomic E-state index is -3.97. The lowest BCUT2D eigenvalue weighted by Gasteiger charge is -2.37. The highest BCUT2D eigenvalue weighted by atomic mass is 32.2. The van der Waals surface area contributed by atoms with Gasteiger partial charge in [-0.15, -0.1) is 0 Å². The number of nitrogens with one attached hydrogen (secondary N) is 6. The first-order valence-corrected chi connectivity index (χ1v) is 30.8. The molecule has 34 heteroatoms. The summed E-state index contributed by atoms with van der Waals surface area (Å²) in [5.41, 5.74) is -4.59. The standard InChI is InChI=1S/C55H80F4N10O18S2/c1-9-36(72)52(5,6)29-85-53(7,8)17-12-39(73)62-31(45(79)60-18-13-42(76)83-26-41(75)64-38-16-21-69(50(82)66-38)48-55(58,59)44(78)33(24-71)87-48)27-88-34-10-11-35(34)89-28-32(67-51(2,3)4)46(80)61-19-14-43(77)84-25-40(74)63-37-15-20-68(49(81)65-37)47-54(56,57)22-30(23-70)86-47/h15-16,20-21,30-35,44,47-48,67,70-71,78H,9-14,17-19,22-29H2,1-8H3,(H,60,79)(H,61,80)(H,62,73)(H,63,65,74,81)(H,64,66,75,82)/t30-,31?,32?,33+,34?,35?,44+,47?,48+/m1/s1. The number of ether oxygens (including phenoxy) is 5. The van der Waals surface area contributed by atoms with Gasteiger partial charge in [0.2, 0.25) is 30.2 Å². The average Bonchev–Trinajstić information content (AvgIpc) is 1.73. The molecule has 5 amide bonds. The molecule has 1 aliphatic carbocycles. The van der Waals surface area contributed by atoms with Gasteiger partial charge in [-0.3, -0.25) is 47.5 Å². The summed E-state index contributed by atoms with van der Waals surface area (Å²) in [5, 5.41) is 44.1. The third kappa shape index (κ3) is 22.1. The van der Waals surface area contributed by atoms with Gasteiger partial charge in [0, 0.05) is 77.7 Å². The Kier molecular flexibility index (Phi) is 26.7. The highest BCUT2D eigenvalue weighted by Gasteiger charge is 2.59. The zero-order valence-electron chi connectivity index (χ0n) is 50.6. The number of thioether (sulfide) groups is 2. The van der Waals surface area contributed by atoms with E-state index in [-0.39, 0.29) is 72.6 Å². The number of anilines is 2. The van der Waals surface area contributed by atoms with E-state index < -0.39 is 169 Å². The SMILES string of the molecule is CCC(=O)C(C)(C)COC(C)(C)CCC(=O)NC(CSC1CCC1SCC(NC(C)(C)C)C(=O)NCCC(=O)OCC(=O)Nc1ccn(C2O[C@@H](CO)CC2(F)F)c(=O)n1)C(=O)NCCC(=O)OCC(=O)Nc1ccn([C@H]2O[C@@H](CO)[C@H](O)C2(F)F)c(=O)n1. The highest BCUT2D eigenvalue weighted by molar-refractivity contribution is 8.04. The Labute approximate surface area is 518 Å². The molecular weight excluding hydrogens is 1230 g/mol. The largest absolute Gasteiger partial charge is 0.456 e. The maximum Gasteiger partial charge on any atom is 0.351 e. The second-order valence-electron chi connectivity index (χ2n) is 23.7. The number of carbonyl (C=O) groups is 8. The van der Waals surface area contributed by atoms with Crippen LogP contribution in [0.4, 0.5) is 29.2 Å². The molecule has 28 nitrogen and oxygen atoms in total. The molecule has 9 N–H and O–H groups in total. The number of hydrogen-bond acceptors (Lipinski definition) is 23. The molecular formula is C55H80F4N10O18S2. The lowest BCUT2D eigenvalue weighted by atomic mass is 9.87. The van der Waals surface area contributed by atoms with Crippen molar-refractivity contribution in [3.8, 4) is 0 Å². The molecule has 0 bridgehead atoms. The van der Waals surface area contributed by atoms with Crippen LogP contribution in [0.2, 0.25) is 0 Å². The van der Waals surface area contributed by atoms with Gasteiger partial charge in [0.25, 0.3) is 17.7 Å². The van der Waals surface area contributed by atoms with Crippen LogP contribution in [0.25, 0.3) is 0 Å². The number of nitrogens with zero attached hydrogens (tertiary/aromatic N) is 4. The van der Waals surface area contributed by atoms with Crippen molar-refractivity contribution >= 4 is 82.4 Å². The van der Waals surface area contributed by atoms with Crippen LogP contribution in [-0.2, 0) is 62.0 Å². The van der Waals surface area contributed by atoms with Gasteiger partial charge in [-0.2, -0.15) is 42.3 Å². The molecule has 1 saturated carbocycles. The van der Waals surface area contributed by atoms with E-state index in [0.29, 0.717) is 15.6 Å². The molecule has 2 aromatic heterocycles. The van der Waals surface area contributed by atoms with Gasteiger partial charge in [-0.1, -0.05) is 20.8 Å². The normalized spacial score (nSPS) is 22.0. The van der Waals surface area contributed by atoms with Crippen molar-refractivity contribution in [3.63, 3.8) is 0 Å². The average molecular weight is 1310 g/mol. The molecule has 2 aliphatic heterocycles. The van der Waals surface area contributed by atoms with E-state index >= 15 is 0 Å². The van der Waals surface area contributed by atoms with Crippen molar-refractivity contribution in [2.24, 2.45) is 5.41 Å². The van der Waals surface area contributed by atoms with Crippen LogP contribution in [0.1, 0.15) is 119 Å². The van der Waals surface area contributed by atoms with E-state index in [1.807, 2.05) is 20.8 Å². The summed E-state index contributed by atoms with van der Waals surface area (Å²) < 4.78 is 85.0. The summed E-state index contributed by atoms with van der Waals surface area (Å²) >= 11 is 2.94. The summed E-state index contributed by atoms with van der Waals surface area (Å²) in [7, 11) is 0. The molecule has 498 valence electrons. The fourth-order valence-corrected chi connectivity index (χ4v) is 12.1. The summed E-state index contributed by atoms with van der Waals surface area (Å²) in [6, 6.07) is 0.187. The molecule has 89 heavy (non-hydrogen) atoms. The second kappa shape index (κ2) is 32.2. The molecule has 0 spiro atoms. The minimum absolute atomic E-state index is 0.00983. The maximum atomic E-state index is 14.6. The fraction of sp³-hybridized carbons (Fsp3) is 0.709. The van der Waals surface area contributed by atoms with Crippen LogP contribution in [0.3, 0.4) is 0 Å². The first-order chi connectivity index (χ1) is 41.6. The third-order valence-electron chi connectivity index (χ3n) is 14.2. The van der Waals surface area contributed by atoms with E-state index in [0.717, 1.165) is 37.4 Å². The van der Waals surface area contributed by atoms with Crippen LogP contribution in [0.15, 0.2) is 34.1 Å². The summed E-state index contributed by atoms with van der Waals surface area (Å²) in [6.45, 7) is 10.8. The van der Waals surface area contributed by atoms with Gasteiger partial charge in [0.1, 0.15) is 29.6 Å². The smallest absolute Gasteiger partial charge is 0.351 e. The Morgan fingerprint density at radius 2 is 1.24 bits per heavy atom. The van der Waals surface area contributed by atoms with E-state index in [1.54, 1.807) is 34.6 Å². The summed E-state index contributed by atoms with van der Waals surface area (Å²) in [4.78, 5) is 136. The molecule has 3 fully saturated rings. The van der Waals surface area contributed by atoms with Crippen LogP contribution < -0.4 is 43.3 Å². The van der Waals surface area contributed by atoms with Crippen LogP contribution in [-0.4, -0.2) is 203 Å². The lowest BCUT2D eigenvalue weighted by molar-refractivity contribution is -0.147. The number of esters is 2. The van der Waals surface area contributed by atoms with Crippen molar-refractivity contribution in [2.45, 2.75) is 183 Å². The quantitative estimate of drug-likeness (QED) is 0.0350. The Hall–Kier alpha value is -6.14. The zero-order valence-corrected chi connectivity index (χ0v) is 52.2. The molecule has 5 unspecified atom stereocenters. The van der Waals surface area contributed by atoms with Gasteiger partial charge < -0.3 is 70.9 Å². The Bertz CT molecular complexity index is 2950. The molecule has 0 aromatic carbocycles. The summed E-state index contributed by atoms with van der Waals surface area (Å²) in [5.74, 6) is -13.0. The number of halogens is 4. The molecule has 5 rings (SSSR count). The van der Waals surface area contributed by atoms with Crippen molar-refractivity contribution in [1.29, 1.82) is 0 Å². The number of aliphatic hydroxyl groups excluding tert-OH is 3. The molecule has 9 atom stereocenters. The Balaban J connectivity index is 1.10. The van der Waals surface area contributed by atoms with Crippen LogP contribution in [0, 0.1) is 5.41 Å². The number of alkyl halides is 4. The third-order valence-corrected chi connectivity index (χ3v) is 17.4. The van der Waals surface area contributed by atoms with Gasteiger partial charge in [-0.25, -0.2) is 18.4 Å². The van der Waals surface area contributed by atoms with Crippen molar-refractivity contribution in [1.82, 2.24) is 40.4 Å². The fourth-order valence-electron chi connectivity index (χ4n) is 9.00. The van der Waals surface area contributed by atoms with Gasteiger partial charge >= 0.3 is 29.2 Å². The van der Waals surface area contributed by atoms with E-state index in [4.69, 9.17) is 23.7 Å². The molecule has 4 heterocycles. The predicted molar refractivity (Wildman–Crippen MR) is 313 cm³/mol. The first kappa shape index (κ1) is 73.6. The maximum absolute atomic E-state index is 14.6. The monoisotopic (exact) mass is 1310 g/mol. The number of carbonyl (C=O) groups excluding carboxylic acids is 8. The van der Waals surface area contributed by atoms with E-state index in [2.05, 4.69) is 41.9 Å². The zero-order chi connectivity index (χ0) is 66.2. The van der Waals surface area contributed by atoms with Gasteiger partial charge in [-0.05, 0) is 66.0 Å². The van der Waals surface area contributed by atoms with E-state index in [1.165, 1.54) is 23.5 Å². The topological polar surface area (TPSA) is 385 Å². The number of hydrogen-bond donors (Lipinski definition) is 9. The number of Topliss-reactive ketones (excluding diaryl/α,β-unsaturated/α-hetero) is 1. The van der Waals surface area contributed by atoms with Crippen molar-refractivity contribution in [2.75, 3.05) is 68.3 Å². The first-order valence-electron chi connectivity index (χ1n) is 28.7.